The first-order valence-corrected chi connectivity index (χ1v) is 5.06. The number of fused-ring (bicyclic) bond motifs is 1. The van der Waals surface area contributed by atoms with E-state index in [1.54, 1.807) is 19.1 Å². The van der Waals surface area contributed by atoms with Gasteiger partial charge in [0.25, 0.3) is 0 Å². The average molecular weight is 237 g/mol. The summed E-state index contributed by atoms with van der Waals surface area (Å²) in [5.41, 5.74) is 6.32. The molecule has 0 amide bonds. The van der Waals surface area contributed by atoms with Gasteiger partial charge in [-0.15, -0.1) is 0 Å². The van der Waals surface area contributed by atoms with Gasteiger partial charge in [0.1, 0.15) is 11.6 Å². The van der Waals surface area contributed by atoms with Gasteiger partial charge in [0.15, 0.2) is 5.82 Å². The Morgan fingerprint density at radius 1 is 1.59 bits per heavy atom. The number of rotatable bonds is 2. The number of aromatic nitrogens is 2. The van der Waals surface area contributed by atoms with Gasteiger partial charge >= 0.3 is 5.97 Å². The van der Waals surface area contributed by atoms with Crippen molar-refractivity contribution >= 4 is 23.0 Å². The van der Waals surface area contributed by atoms with E-state index in [4.69, 9.17) is 5.73 Å². The molecule has 0 aliphatic rings. The van der Waals surface area contributed by atoms with E-state index in [1.165, 1.54) is 17.7 Å². The first kappa shape index (κ1) is 11.4. The van der Waals surface area contributed by atoms with Gasteiger partial charge in [0, 0.05) is 0 Å². The highest BCUT2D eigenvalue weighted by Gasteiger charge is 2.21. The van der Waals surface area contributed by atoms with E-state index in [9.17, 15) is 9.18 Å². The van der Waals surface area contributed by atoms with Crippen LogP contribution in [0.2, 0.25) is 0 Å². The van der Waals surface area contributed by atoms with Crippen LogP contribution in [0.4, 0.5) is 10.3 Å². The van der Waals surface area contributed by atoms with Crippen molar-refractivity contribution in [3.8, 4) is 0 Å². The molecule has 2 aromatic rings. The Bertz CT molecular complexity index is 579. The highest BCUT2D eigenvalue weighted by atomic mass is 19.1. The second kappa shape index (κ2) is 4.04. The van der Waals surface area contributed by atoms with E-state index in [0.717, 1.165) is 0 Å². The van der Waals surface area contributed by atoms with Crippen LogP contribution < -0.4 is 5.73 Å². The van der Waals surface area contributed by atoms with Crippen molar-refractivity contribution < 1.29 is 13.9 Å². The lowest BCUT2D eigenvalue weighted by Crippen LogP contribution is -2.19. The number of ether oxygens (including phenoxy) is 1. The Morgan fingerprint density at radius 2 is 2.29 bits per heavy atom. The lowest BCUT2D eigenvalue weighted by atomic mass is 10.2. The monoisotopic (exact) mass is 237 g/mol. The maximum absolute atomic E-state index is 13.5. The molecule has 90 valence electrons. The number of anilines is 1. The molecule has 5 nitrogen and oxygen atoms in total. The molecule has 6 heteroatoms. The summed E-state index contributed by atoms with van der Waals surface area (Å²) in [7, 11) is 1.29. The number of carbonyl (C=O) groups is 1. The molecule has 0 fully saturated rings. The van der Waals surface area contributed by atoms with Gasteiger partial charge in [-0.2, -0.15) is 0 Å². The normalized spacial score (nSPS) is 12.6. The van der Waals surface area contributed by atoms with Gasteiger partial charge in [-0.1, -0.05) is 6.07 Å². The van der Waals surface area contributed by atoms with Crippen LogP contribution in [-0.4, -0.2) is 22.6 Å². The molecule has 2 rings (SSSR count). The summed E-state index contributed by atoms with van der Waals surface area (Å²) in [5.74, 6) is -0.840. The van der Waals surface area contributed by atoms with Crippen LogP contribution in [0, 0.1) is 5.82 Å². The summed E-state index contributed by atoms with van der Waals surface area (Å²) in [6.07, 6.45) is 0. The van der Waals surface area contributed by atoms with E-state index in [1.807, 2.05) is 0 Å². The molecule has 1 heterocycles. The number of imidazole rings is 1. The van der Waals surface area contributed by atoms with E-state index < -0.39 is 17.8 Å². The van der Waals surface area contributed by atoms with Crippen LogP contribution in [0.3, 0.4) is 0 Å². The number of nitrogens with two attached hydrogens (primary N) is 1. The number of nitrogen functional groups attached to an aromatic ring is 1. The Balaban J connectivity index is 2.65. The van der Waals surface area contributed by atoms with E-state index in [0.29, 0.717) is 5.52 Å². The maximum Gasteiger partial charge on any atom is 0.328 e. The molecule has 0 aliphatic carbocycles. The molecule has 1 unspecified atom stereocenters. The first-order chi connectivity index (χ1) is 8.06. The number of nitrogens with zero attached hydrogens (tertiary/aromatic N) is 2. The molecule has 0 spiro atoms. The van der Waals surface area contributed by atoms with Crippen LogP contribution >= 0.6 is 0 Å². The third-order valence-electron chi connectivity index (χ3n) is 2.63. The fourth-order valence-corrected chi connectivity index (χ4v) is 1.78. The first-order valence-electron chi connectivity index (χ1n) is 5.06. The third kappa shape index (κ3) is 1.71. The van der Waals surface area contributed by atoms with Gasteiger partial charge in [-0.05, 0) is 19.1 Å². The van der Waals surface area contributed by atoms with Gasteiger partial charge in [0.05, 0.1) is 12.6 Å². The molecule has 0 saturated heterocycles. The highest BCUT2D eigenvalue weighted by molar-refractivity contribution is 5.83. The molecule has 0 aliphatic heterocycles. The van der Waals surface area contributed by atoms with Gasteiger partial charge < -0.3 is 10.5 Å². The third-order valence-corrected chi connectivity index (χ3v) is 2.63. The molecule has 1 atom stereocenters. The van der Waals surface area contributed by atoms with Gasteiger partial charge in [0.2, 0.25) is 5.95 Å². The second-order valence-corrected chi connectivity index (χ2v) is 3.65. The zero-order valence-corrected chi connectivity index (χ0v) is 9.48. The average Bonchev–Trinajstić information content (AvgIpc) is 2.65. The number of methoxy groups -OCH3 is 1. The fraction of sp³-hybridized carbons (Fsp3) is 0.273. The number of benzene rings is 1. The van der Waals surface area contributed by atoms with Crippen molar-refractivity contribution in [3.05, 3.63) is 24.0 Å². The molecule has 1 aromatic carbocycles. The maximum atomic E-state index is 13.5. The largest absolute Gasteiger partial charge is 0.467 e. The summed E-state index contributed by atoms with van der Waals surface area (Å²) in [5, 5.41) is 0. The summed E-state index contributed by atoms with van der Waals surface area (Å²) < 4.78 is 19.6. The predicted octanol–water partition coefficient (Wildman–Crippen LogP) is 1.49. The molecule has 0 saturated carbocycles. The van der Waals surface area contributed by atoms with Crippen molar-refractivity contribution in [3.63, 3.8) is 0 Å². The van der Waals surface area contributed by atoms with Crippen molar-refractivity contribution in [2.75, 3.05) is 12.8 Å². The Morgan fingerprint density at radius 3 is 2.94 bits per heavy atom. The molecule has 1 aromatic heterocycles. The van der Waals surface area contributed by atoms with Crippen LogP contribution in [0.25, 0.3) is 11.0 Å². The standard InChI is InChI=1S/C11H12FN3O2/c1-6(10(16)17-2)15-8-5-3-4-7(12)9(8)14-11(15)13/h3-6H,1-2H3,(H2,13,14). The zero-order chi connectivity index (χ0) is 12.6. The number of carbonyl (C=O) groups excluding carboxylic acids is 1. The molecule has 0 radical (unpaired) electrons. The number of hydrogen-bond acceptors (Lipinski definition) is 4. The topological polar surface area (TPSA) is 70.1 Å². The molecule has 17 heavy (non-hydrogen) atoms. The van der Waals surface area contributed by atoms with Crippen LogP contribution in [0.15, 0.2) is 18.2 Å². The van der Waals surface area contributed by atoms with Crippen molar-refractivity contribution in [2.24, 2.45) is 0 Å². The smallest absolute Gasteiger partial charge is 0.328 e. The fourth-order valence-electron chi connectivity index (χ4n) is 1.78. The number of halogens is 1. The van der Waals surface area contributed by atoms with Gasteiger partial charge in [-0.25, -0.2) is 14.2 Å². The minimum atomic E-state index is -0.646. The lowest BCUT2D eigenvalue weighted by Gasteiger charge is -2.13. The lowest BCUT2D eigenvalue weighted by molar-refractivity contribution is -0.143. The Labute approximate surface area is 97.0 Å². The van der Waals surface area contributed by atoms with Gasteiger partial charge in [-0.3, -0.25) is 4.57 Å². The van der Waals surface area contributed by atoms with Crippen molar-refractivity contribution in [1.82, 2.24) is 9.55 Å². The molecule has 2 N–H and O–H groups in total. The number of esters is 1. The SMILES string of the molecule is COC(=O)C(C)n1c(N)nc2c(F)cccc21. The summed E-state index contributed by atoms with van der Waals surface area (Å²) >= 11 is 0. The second-order valence-electron chi connectivity index (χ2n) is 3.65. The van der Waals surface area contributed by atoms with E-state index >= 15 is 0 Å². The van der Waals surface area contributed by atoms with E-state index in [2.05, 4.69) is 9.72 Å². The number of para-hydroxylation sites is 1. The predicted molar refractivity (Wildman–Crippen MR) is 60.8 cm³/mol. The summed E-state index contributed by atoms with van der Waals surface area (Å²) in [4.78, 5) is 15.4. The molecule has 0 bridgehead atoms. The highest BCUT2D eigenvalue weighted by Crippen LogP contribution is 2.24. The quantitative estimate of drug-likeness (QED) is 0.803. The summed E-state index contributed by atoms with van der Waals surface area (Å²) in [6.45, 7) is 1.62. The van der Waals surface area contributed by atoms with Crippen LogP contribution in [-0.2, 0) is 9.53 Å². The van der Waals surface area contributed by atoms with Crippen molar-refractivity contribution in [1.29, 1.82) is 0 Å². The Hall–Kier alpha value is -2.11. The number of hydrogen-bond donors (Lipinski definition) is 1. The van der Waals surface area contributed by atoms with Crippen molar-refractivity contribution in [2.45, 2.75) is 13.0 Å². The minimum Gasteiger partial charge on any atom is -0.467 e. The minimum absolute atomic E-state index is 0.0861. The Kier molecular flexibility index (Phi) is 2.71. The molecular weight excluding hydrogens is 225 g/mol. The van der Waals surface area contributed by atoms with Crippen LogP contribution in [0.5, 0.6) is 0 Å². The molecular formula is C11H12FN3O2. The summed E-state index contributed by atoms with van der Waals surface area (Å²) in [6, 6.07) is 3.84. The zero-order valence-electron chi connectivity index (χ0n) is 9.48. The van der Waals surface area contributed by atoms with E-state index in [-0.39, 0.29) is 11.5 Å². The van der Waals surface area contributed by atoms with Crippen LogP contribution in [0.1, 0.15) is 13.0 Å².